The standard InChI is InChI=1S/C22H32N4O2S/c1-2-29(27,28)22-23-16-21(18-24-14-15-25-12-7-11-20(25)17-24)26(22)13-6-10-19-8-4-3-5-9-19/h3-5,8-9,16,20H,2,6-7,10-15,17-18H2,1H3/t20-/m0/s1. The fourth-order valence-electron chi connectivity index (χ4n) is 4.65. The Bertz CT molecular complexity index is 910. The lowest BCUT2D eigenvalue weighted by Crippen LogP contribution is -2.49. The summed E-state index contributed by atoms with van der Waals surface area (Å²) in [5.74, 6) is 0.0862. The lowest BCUT2D eigenvalue weighted by atomic mass is 10.1. The van der Waals surface area contributed by atoms with E-state index >= 15 is 0 Å². The average molecular weight is 417 g/mol. The molecule has 2 aliphatic rings. The number of nitrogens with zero attached hydrogens (tertiary/aromatic N) is 4. The predicted molar refractivity (Wildman–Crippen MR) is 115 cm³/mol. The van der Waals surface area contributed by atoms with Crippen molar-refractivity contribution in [2.75, 3.05) is 31.9 Å². The van der Waals surface area contributed by atoms with Crippen LogP contribution in [0.15, 0.2) is 41.7 Å². The van der Waals surface area contributed by atoms with Gasteiger partial charge in [-0.15, -0.1) is 0 Å². The maximum absolute atomic E-state index is 12.6. The first kappa shape index (κ1) is 20.6. The van der Waals surface area contributed by atoms with E-state index in [9.17, 15) is 8.42 Å². The SMILES string of the molecule is CCS(=O)(=O)c1ncc(CN2CCN3CCC[C@H]3C2)n1CCCc1ccccc1. The van der Waals surface area contributed by atoms with Crippen LogP contribution in [-0.4, -0.2) is 65.7 Å². The van der Waals surface area contributed by atoms with Gasteiger partial charge >= 0.3 is 0 Å². The van der Waals surface area contributed by atoms with Crippen molar-refractivity contribution in [3.63, 3.8) is 0 Å². The molecule has 2 aromatic rings. The van der Waals surface area contributed by atoms with Crippen molar-refractivity contribution in [1.29, 1.82) is 0 Å². The van der Waals surface area contributed by atoms with Gasteiger partial charge in [0.05, 0.1) is 17.6 Å². The number of rotatable bonds is 8. The number of sulfone groups is 1. The second kappa shape index (κ2) is 8.98. The Morgan fingerprint density at radius 3 is 2.76 bits per heavy atom. The van der Waals surface area contributed by atoms with Gasteiger partial charge in [0.25, 0.3) is 0 Å². The van der Waals surface area contributed by atoms with Gasteiger partial charge in [-0.3, -0.25) is 9.80 Å². The molecule has 1 atom stereocenters. The molecule has 0 spiro atoms. The molecule has 1 aromatic heterocycles. The van der Waals surface area contributed by atoms with Gasteiger partial charge < -0.3 is 4.57 Å². The van der Waals surface area contributed by atoms with Crippen molar-refractivity contribution >= 4 is 9.84 Å². The van der Waals surface area contributed by atoms with Crippen LogP contribution in [0.1, 0.15) is 37.4 Å². The largest absolute Gasteiger partial charge is 0.318 e. The number of aryl methyl sites for hydroxylation is 1. The van der Waals surface area contributed by atoms with E-state index in [-0.39, 0.29) is 10.9 Å². The van der Waals surface area contributed by atoms with Gasteiger partial charge in [-0.2, -0.15) is 0 Å². The van der Waals surface area contributed by atoms with E-state index in [2.05, 4.69) is 26.9 Å². The van der Waals surface area contributed by atoms with Crippen LogP contribution in [0.25, 0.3) is 0 Å². The Morgan fingerprint density at radius 2 is 1.97 bits per heavy atom. The summed E-state index contributed by atoms with van der Waals surface area (Å²) in [5.41, 5.74) is 2.31. The van der Waals surface area contributed by atoms with Crippen LogP contribution in [0.5, 0.6) is 0 Å². The number of fused-ring (bicyclic) bond motifs is 1. The van der Waals surface area contributed by atoms with Crippen LogP contribution in [0.3, 0.4) is 0 Å². The monoisotopic (exact) mass is 416 g/mol. The molecule has 29 heavy (non-hydrogen) atoms. The summed E-state index contributed by atoms with van der Waals surface area (Å²) >= 11 is 0. The molecule has 0 aliphatic carbocycles. The van der Waals surface area contributed by atoms with Crippen LogP contribution >= 0.6 is 0 Å². The number of hydrogen-bond donors (Lipinski definition) is 0. The zero-order valence-corrected chi connectivity index (χ0v) is 18.1. The molecule has 0 saturated carbocycles. The topological polar surface area (TPSA) is 58.4 Å². The van der Waals surface area contributed by atoms with Crippen molar-refractivity contribution in [3.8, 4) is 0 Å². The van der Waals surface area contributed by atoms with Crippen molar-refractivity contribution < 1.29 is 8.42 Å². The molecule has 2 aliphatic heterocycles. The lowest BCUT2D eigenvalue weighted by Gasteiger charge is -2.37. The summed E-state index contributed by atoms with van der Waals surface area (Å²) in [6.07, 6.45) is 6.20. The summed E-state index contributed by atoms with van der Waals surface area (Å²) in [5, 5.41) is 0.238. The van der Waals surface area contributed by atoms with Crippen molar-refractivity contribution in [3.05, 3.63) is 47.8 Å². The van der Waals surface area contributed by atoms with E-state index in [4.69, 9.17) is 0 Å². The number of aromatic nitrogens is 2. The average Bonchev–Trinajstić information content (AvgIpc) is 3.36. The second-order valence-corrected chi connectivity index (χ2v) is 10.4. The number of imidazole rings is 1. The Balaban J connectivity index is 1.48. The first-order valence-electron chi connectivity index (χ1n) is 10.8. The minimum absolute atomic E-state index is 0.0862. The van der Waals surface area contributed by atoms with Gasteiger partial charge in [0.2, 0.25) is 15.0 Å². The molecule has 7 heteroatoms. The Kier molecular flexibility index (Phi) is 6.37. The molecule has 158 valence electrons. The Labute approximate surface area is 174 Å². The Hall–Kier alpha value is -1.70. The molecule has 2 saturated heterocycles. The quantitative estimate of drug-likeness (QED) is 0.662. The zero-order valence-electron chi connectivity index (χ0n) is 17.3. The first-order valence-corrected chi connectivity index (χ1v) is 12.5. The molecule has 4 rings (SSSR count). The lowest BCUT2D eigenvalue weighted by molar-refractivity contribution is 0.0973. The van der Waals surface area contributed by atoms with E-state index in [0.29, 0.717) is 12.6 Å². The number of hydrogen-bond acceptors (Lipinski definition) is 5. The van der Waals surface area contributed by atoms with E-state index in [1.807, 2.05) is 22.8 Å². The molecule has 0 radical (unpaired) electrons. The van der Waals surface area contributed by atoms with Crippen molar-refractivity contribution in [2.45, 2.75) is 56.9 Å². The van der Waals surface area contributed by atoms with Crippen molar-refractivity contribution in [1.82, 2.24) is 19.4 Å². The molecule has 3 heterocycles. The normalized spacial score (nSPS) is 20.8. The molecule has 0 unspecified atom stereocenters. The minimum Gasteiger partial charge on any atom is -0.318 e. The van der Waals surface area contributed by atoms with Gasteiger partial charge in [0, 0.05) is 38.8 Å². The smallest absolute Gasteiger partial charge is 0.227 e. The summed E-state index contributed by atoms with van der Waals surface area (Å²) in [4.78, 5) is 9.42. The van der Waals surface area contributed by atoms with Crippen LogP contribution in [0.2, 0.25) is 0 Å². The first-order chi connectivity index (χ1) is 14.1. The van der Waals surface area contributed by atoms with E-state index < -0.39 is 9.84 Å². The van der Waals surface area contributed by atoms with Crippen LogP contribution < -0.4 is 0 Å². The fraction of sp³-hybridized carbons (Fsp3) is 0.591. The molecule has 1 aromatic carbocycles. The van der Waals surface area contributed by atoms with Crippen LogP contribution in [0.4, 0.5) is 0 Å². The van der Waals surface area contributed by atoms with Gasteiger partial charge in [0.1, 0.15) is 0 Å². The maximum Gasteiger partial charge on any atom is 0.227 e. The van der Waals surface area contributed by atoms with Crippen LogP contribution in [0, 0.1) is 0 Å². The van der Waals surface area contributed by atoms with E-state index in [1.165, 1.54) is 24.9 Å². The molecule has 0 amide bonds. The number of benzene rings is 1. The predicted octanol–water partition coefficient (Wildman–Crippen LogP) is 2.59. The van der Waals surface area contributed by atoms with Gasteiger partial charge in [-0.05, 0) is 37.8 Å². The molecule has 6 nitrogen and oxygen atoms in total. The van der Waals surface area contributed by atoms with Gasteiger partial charge in [0.15, 0.2) is 0 Å². The summed E-state index contributed by atoms with van der Waals surface area (Å²) in [6.45, 7) is 7.62. The van der Waals surface area contributed by atoms with Crippen molar-refractivity contribution in [2.24, 2.45) is 0 Å². The highest BCUT2D eigenvalue weighted by atomic mass is 32.2. The third kappa shape index (κ3) is 4.73. The van der Waals surface area contributed by atoms with E-state index in [0.717, 1.165) is 44.7 Å². The van der Waals surface area contributed by atoms with E-state index in [1.54, 1.807) is 13.1 Å². The zero-order chi connectivity index (χ0) is 20.3. The highest BCUT2D eigenvalue weighted by Crippen LogP contribution is 2.23. The molecular formula is C22H32N4O2S. The summed E-state index contributed by atoms with van der Waals surface area (Å²) in [6, 6.07) is 11.0. The van der Waals surface area contributed by atoms with Gasteiger partial charge in [-0.25, -0.2) is 13.4 Å². The van der Waals surface area contributed by atoms with Crippen LogP contribution in [-0.2, 0) is 29.3 Å². The molecule has 0 N–H and O–H groups in total. The fourth-order valence-corrected chi connectivity index (χ4v) is 5.66. The highest BCUT2D eigenvalue weighted by molar-refractivity contribution is 7.91. The number of piperazine rings is 1. The Morgan fingerprint density at radius 1 is 1.14 bits per heavy atom. The third-order valence-electron chi connectivity index (χ3n) is 6.31. The molecule has 0 bridgehead atoms. The second-order valence-electron chi connectivity index (χ2n) is 8.24. The maximum atomic E-state index is 12.6. The highest BCUT2D eigenvalue weighted by Gasteiger charge is 2.31. The molecular weight excluding hydrogens is 384 g/mol. The van der Waals surface area contributed by atoms with Gasteiger partial charge in [-0.1, -0.05) is 37.3 Å². The minimum atomic E-state index is -3.33. The summed E-state index contributed by atoms with van der Waals surface area (Å²) in [7, 11) is -3.33. The third-order valence-corrected chi connectivity index (χ3v) is 7.95. The summed E-state index contributed by atoms with van der Waals surface area (Å²) < 4.78 is 27.2. The molecule has 2 fully saturated rings.